The SMILES string of the molecule is CC(=O)NC1COC(C/C=C(C)/C=C/C2CC(CO)CC(C)(C)O2)OC1. The highest BCUT2D eigenvalue weighted by atomic mass is 16.7. The lowest BCUT2D eigenvalue weighted by Crippen LogP contribution is -2.46. The Morgan fingerprint density at radius 3 is 2.58 bits per heavy atom. The fourth-order valence-electron chi connectivity index (χ4n) is 3.53. The van der Waals surface area contributed by atoms with Crippen molar-refractivity contribution in [3.63, 3.8) is 0 Å². The van der Waals surface area contributed by atoms with Crippen LogP contribution in [-0.4, -0.2) is 54.9 Å². The molecule has 0 aromatic carbocycles. The number of aliphatic hydroxyl groups is 1. The Morgan fingerprint density at radius 2 is 1.96 bits per heavy atom. The third kappa shape index (κ3) is 7.19. The number of allylic oxidation sites excluding steroid dienone is 2. The Balaban J connectivity index is 1.77. The van der Waals surface area contributed by atoms with Gasteiger partial charge in [-0.05, 0) is 39.5 Å². The summed E-state index contributed by atoms with van der Waals surface area (Å²) < 4.78 is 17.4. The fourth-order valence-corrected chi connectivity index (χ4v) is 3.53. The molecule has 2 saturated heterocycles. The molecule has 6 nitrogen and oxygen atoms in total. The van der Waals surface area contributed by atoms with E-state index in [0.29, 0.717) is 25.6 Å². The molecule has 2 aliphatic rings. The van der Waals surface area contributed by atoms with E-state index in [1.165, 1.54) is 6.92 Å². The number of carbonyl (C=O) groups is 1. The van der Waals surface area contributed by atoms with Gasteiger partial charge in [0.1, 0.15) is 0 Å². The maximum absolute atomic E-state index is 11.0. The van der Waals surface area contributed by atoms with Crippen LogP contribution in [0, 0.1) is 5.92 Å². The second kappa shape index (κ2) is 9.65. The molecule has 0 bridgehead atoms. The number of nitrogens with one attached hydrogen (secondary N) is 1. The Kier molecular flexibility index (Phi) is 7.83. The predicted octanol–water partition coefficient (Wildman–Crippen LogP) is 2.32. The molecule has 2 rings (SSSR count). The van der Waals surface area contributed by atoms with Crippen LogP contribution in [0.4, 0.5) is 0 Å². The Morgan fingerprint density at radius 1 is 1.27 bits per heavy atom. The summed E-state index contributed by atoms with van der Waals surface area (Å²) in [4.78, 5) is 11.0. The molecule has 26 heavy (non-hydrogen) atoms. The van der Waals surface area contributed by atoms with Crippen molar-refractivity contribution in [2.75, 3.05) is 19.8 Å². The number of rotatable bonds is 6. The minimum Gasteiger partial charge on any atom is -0.396 e. The second-order valence-corrected chi connectivity index (χ2v) is 7.94. The predicted molar refractivity (Wildman–Crippen MR) is 99.6 cm³/mol. The largest absolute Gasteiger partial charge is 0.396 e. The highest BCUT2D eigenvalue weighted by Crippen LogP contribution is 2.32. The van der Waals surface area contributed by atoms with Gasteiger partial charge in [-0.25, -0.2) is 0 Å². The molecule has 0 aliphatic carbocycles. The van der Waals surface area contributed by atoms with Gasteiger partial charge in [-0.3, -0.25) is 4.79 Å². The van der Waals surface area contributed by atoms with Gasteiger partial charge in [0.25, 0.3) is 0 Å². The van der Waals surface area contributed by atoms with E-state index in [9.17, 15) is 9.90 Å². The average Bonchev–Trinajstić information content (AvgIpc) is 2.57. The van der Waals surface area contributed by atoms with Gasteiger partial charge >= 0.3 is 0 Å². The highest BCUT2D eigenvalue weighted by Gasteiger charge is 2.33. The average molecular weight is 367 g/mol. The zero-order valence-electron chi connectivity index (χ0n) is 16.4. The van der Waals surface area contributed by atoms with Crippen LogP contribution < -0.4 is 5.32 Å². The van der Waals surface area contributed by atoms with E-state index in [-0.39, 0.29) is 36.6 Å². The van der Waals surface area contributed by atoms with Crippen molar-refractivity contribution in [1.82, 2.24) is 5.32 Å². The maximum Gasteiger partial charge on any atom is 0.217 e. The number of carbonyl (C=O) groups excluding carboxylic acids is 1. The fraction of sp³-hybridized carbons (Fsp3) is 0.750. The second-order valence-electron chi connectivity index (χ2n) is 7.94. The van der Waals surface area contributed by atoms with E-state index in [1.54, 1.807) is 0 Å². The minimum atomic E-state index is -0.271. The van der Waals surface area contributed by atoms with Gasteiger partial charge in [0, 0.05) is 20.0 Å². The number of hydrogen-bond donors (Lipinski definition) is 2. The van der Waals surface area contributed by atoms with Crippen LogP contribution in [0.2, 0.25) is 0 Å². The molecule has 2 atom stereocenters. The van der Waals surface area contributed by atoms with Gasteiger partial charge in [-0.15, -0.1) is 0 Å². The number of amides is 1. The highest BCUT2D eigenvalue weighted by molar-refractivity contribution is 5.73. The number of ether oxygens (including phenoxy) is 3. The summed E-state index contributed by atoms with van der Waals surface area (Å²) in [6.45, 7) is 8.83. The first kappa shape index (κ1) is 21.1. The molecule has 2 unspecified atom stereocenters. The van der Waals surface area contributed by atoms with Crippen molar-refractivity contribution < 1.29 is 24.1 Å². The van der Waals surface area contributed by atoms with Crippen molar-refractivity contribution in [3.05, 3.63) is 23.8 Å². The molecule has 2 fully saturated rings. The molecule has 1 amide bonds. The monoisotopic (exact) mass is 367 g/mol. The summed E-state index contributed by atoms with van der Waals surface area (Å²) in [5.74, 6) is 0.219. The molecule has 0 aromatic rings. The molecular weight excluding hydrogens is 334 g/mol. The smallest absolute Gasteiger partial charge is 0.217 e. The van der Waals surface area contributed by atoms with Crippen molar-refractivity contribution in [2.45, 2.75) is 71.0 Å². The lowest BCUT2D eigenvalue weighted by Gasteiger charge is -2.39. The van der Waals surface area contributed by atoms with Crippen LogP contribution in [0.15, 0.2) is 23.8 Å². The van der Waals surface area contributed by atoms with E-state index in [0.717, 1.165) is 18.4 Å². The molecule has 2 heterocycles. The third-order valence-electron chi connectivity index (χ3n) is 4.65. The Hall–Kier alpha value is -1.21. The first-order valence-corrected chi connectivity index (χ1v) is 9.41. The van der Waals surface area contributed by atoms with Gasteiger partial charge in [-0.1, -0.05) is 23.8 Å². The molecule has 2 aliphatic heterocycles. The van der Waals surface area contributed by atoms with Gasteiger partial charge in [0.2, 0.25) is 5.91 Å². The van der Waals surface area contributed by atoms with E-state index in [4.69, 9.17) is 14.2 Å². The van der Waals surface area contributed by atoms with Crippen molar-refractivity contribution in [2.24, 2.45) is 5.92 Å². The van der Waals surface area contributed by atoms with E-state index in [2.05, 4.69) is 37.4 Å². The molecule has 0 saturated carbocycles. The van der Waals surface area contributed by atoms with Gasteiger partial charge in [0.05, 0.1) is 31.0 Å². The quantitative estimate of drug-likeness (QED) is 0.705. The normalized spacial score (nSPS) is 32.6. The van der Waals surface area contributed by atoms with Gasteiger partial charge in [0.15, 0.2) is 6.29 Å². The van der Waals surface area contributed by atoms with Crippen LogP contribution in [0.1, 0.15) is 47.0 Å². The van der Waals surface area contributed by atoms with Crippen LogP contribution in [0.3, 0.4) is 0 Å². The third-order valence-corrected chi connectivity index (χ3v) is 4.65. The summed E-state index contributed by atoms with van der Waals surface area (Å²) in [7, 11) is 0. The number of hydrogen-bond acceptors (Lipinski definition) is 5. The summed E-state index contributed by atoms with van der Waals surface area (Å²) in [6, 6.07) is -0.0694. The lowest BCUT2D eigenvalue weighted by atomic mass is 9.86. The summed E-state index contributed by atoms with van der Waals surface area (Å²) in [6.07, 6.45) is 8.37. The van der Waals surface area contributed by atoms with Crippen LogP contribution >= 0.6 is 0 Å². The van der Waals surface area contributed by atoms with Crippen LogP contribution in [0.5, 0.6) is 0 Å². The van der Waals surface area contributed by atoms with Crippen molar-refractivity contribution in [3.8, 4) is 0 Å². The van der Waals surface area contributed by atoms with Crippen molar-refractivity contribution >= 4 is 5.91 Å². The molecule has 0 spiro atoms. The Bertz CT molecular complexity index is 520. The molecule has 148 valence electrons. The lowest BCUT2D eigenvalue weighted by molar-refractivity contribution is -0.188. The van der Waals surface area contributed by atoms with Gasteiger partial charge in [-0.2, -0.15) is 0 Å². The minimum absolute atomic E-state index is 0.0276. The maximum atomic E-state index is 11.0. The summed E-state index contributed by atoms with van der Waals surface area (Å²) >= 11 is 0. The zero-order valence-corrected chi connectivity index (χ0v) is 16.4. The topological polar surface area (TPSA) is 77.0 Å². The summed E-state index contributed by atoms with van der Waals surface area (Å²) in [5, 5.41) is 12.3. The molecular formula is C20H33NO5. The molecule has 0 aromatic heterocycles. The van der Waals surface area contributed by atoms with E-state index < -0.39 is 0 Å². The first-order chi connectivity index (χ1) is 12.3. The van der Waals surface area contributed by atoms with E-state index >= 15 is 0 Å². The molecule has 6 heteroatoms. The molecule has 2 N–H and O–H groups in total. The van der Waals surface area contributed by atoms with Crippen molar-refractivity contribution in [1.29, 1.82) is 0 Å². The van der Waals surface area contributed by atoms with Gasteiger partial charge < -0.3 is 24.6 Å². The number of aliphatic hydroxyl groups excluding tert-OH is 1. The Labute approximate surface area is 156 Å². The van der Waals surface area contributed by atoms with E-state index in [1.807, 2.05) is 6.92 Å². The van der Waals surface area contributed by atoms with Crippen LogP contribution in [-0.2, 0) is 19.0 Å². The summed E-state index contributed by atoms with van der Waals surface area (Å²) in [5.41, 5.74) is 0.917. The van der Waals surface area contributed by atoms with Crippen LogP contribution in [0.25, 0.3) is 0 Å². The zero-order chi connectivity index (χ0) is 19.2. The first-order valence-electron chi connectivity index (χ1n) is 9.41. The molecule has 0 radical (unpaired) electrons. The standard InChI is InChI=1S/C20H33NO5/c1-14(5-7-18-9-16(11-22)10-20(3,4)26-18)6-8-19-24-12-17(13-25-19)21-15(2)23/h5-7,16-19,22H,8-13H2,1-4H3,(H,21,23)/b7-5+,14-6+.